The first-order valence-electron chi connectivity index (χ1n) is 7.05. The lowest BCUT2D eigenvalue weighted by molar-refractivity contribution is 0.0883. The van der Waals surface area contributed by atoms with Gasteiger partial charge in [0, 0.05) is 12.6 Å². The first-order chi connectivity index (χ1) is 8.89. The predicted octanol–water partition coefficient (Wildman–Crippen LogP) is 2.95. The minimum absolute atomic E-state index is 0.0236. The van der Waals surface area contributed by atoms with Crippen molar-refractivity contribution in [2.24, 2.45) is 7.05 Å². The highest BCUT2D eigenvalue weighted by molar-refractivity contribution is 9.10. The smallest absolute Gasteiger partial charge is 0.0711 e. The predicted molar refractivity (Wildman–Crippen MR) is 84.3 cm³/mol. The van der Waals surface area contributed by atoms with E-state index in [2.05, 4.69) is 65.9 Å². The van der Waals surface area contributed by atoms with E-state index < -0.39 is 0 Å². The largest absolute Gasteiger partial charge is 0.307 e. The zero-order valence-corrected chi connectivity index (χ0v) is 14.6. The maximum atomic E-state index is 4.36. The van der Waals surface area contributed by atoms with E-state index in [4.69, 9.17) is 0 Å². The van der Waals surface area contributed by atoms with E-state index in [1.807, 2.05) is 17.9 Å². The molecule has 19 heavy (non-hydrogen) atoms. The zero-order valence-electron chi connectivity index (χ0n) is 13.0. The molecular weight excluding hydrogens is 304 g/mol. The Bertz CT molecular complexity index is 377. The van der Waals surface area contributed by atoms with Gasteiger partial charge < -0.3 is 5.32 Å². The van der Waals surface area contributed by atoms with E-state index in [1.54, 1.807) is 0 Å². The van der Waals surface area contributed by atoms with E-state index in [0.717, 1.165) is 24.1 Å². The molecule has 0 aromatic carbocycles. The van der Waals surface area contributed by atoms with Crippen LogP contribution < -0.4 is 5.32 Å². The van der Waals surface area contributed by atoms with Crippen molar-refractivity contribution in [1.29, 1.82) is 0 Å². The minimum atomic E-state index is 0.0236. The van der Waals surface area contributed by atoms with Crippen molar-refractivity contribution in [3.05, 3.63) is 16.4 Å². The Hall–Kier alpha value is -0.390. The molecule has 1 atom stereocenters. The fourth-order valence-electron chi connectivity index (χ4n) is 2.85. The van der Waals surface area contributed by atoms with Gasteiger partial charge in [-0.15, -0.1) is 0 Å². The van der Waals surface area contributed by atoms with Gasteiger partial charge in [-0.2, -0.15) is 5.10 Å². The molecule has 1 aromatic heterocycles. The van der Waals surface area contributed by atoms with Gasteiger partial charge in [-0.25, -0.2) is 0 Å². The van der Waals surface area contributed by atoms with Crippen molar-refractivity contribution in [3.63, 3.8) is 0 Å². The van der Waals surface area contributed by atoms with Gasteiger partial charge in [0.2, 0.25) is 0 Å². The maximum Gasteiger partial charge on any atom is 0.0711 e. The molecule has 4 nitrogen and oxygen atoms in total. The van der Waals surface area contributed by atoms with Crippen molar-refractivity contribution in [2.75, 3.05) is 19.6 Å². The molecule has 1 aromatic rings. The van der Waals surface area contributed by atoms with Gasteiger partial charge in [-0.1, -0.05) is 20.8 Å². The second-order valence-electron chi connectivity index (χ2n) is 5.32. The molecule has 1 rings (SSSR count). The molecule has 0 fully saturated rings. The number of aryl methyl sites for hydroxylation is 1. The molecule has 1 heterocycles. The van der Waals surface area contributed by atoms with Crippen LogP contribution in [0.5, 0.6) is 0 Å². The van der Waals surface area contributed by atoms with Crippen LogP contribution in [0.2, 0.25) is 0 Å². The highest BCUT2D eigenvalue weighted by Crippen LogP contribution is 2.34. The molecule has 110 valence electrons. The quantitative estimate of drug-likeness (QED) is 0.834. The average molecular weight is 331 g/mol. The monoisotopic (exact) mass is 330 g/mol. The van der Waals surface area contributed by atoms with Crippen molar-refractivity contribution < 1.29 is 0 Å². The number of halogens is 1. The number of aromatic nitrogens is 2. The number of nitrogens with zero attached hydrogens (tertiary/aromatic N) is 3. The number of hydrogen-bond acceptors (Lipinski definition) is 3. The number of likely N-dealkylation sites (N-methyl/N-ethyl adjacent to an activating group) is 2. The standard InChI is InChI=1S/C14H27BrN4/c1-7-16-13(12-11(15)10-17-18(12)6)14(4,5)19(8-2)9-3/h10,13,16H,7-9H2,1-6H3. The molecule has 0 aliphatic heterocycles. The summed E-state index contributed by atoms with van der Waals surface area (Å²) in [4.78, 5) is 2.49. The van der Waals surface area contributed by atoms with Gasteiger partial charge in [0.1, 0.15) is 0 Å². The molecular formula is C14H27BrN4. The van der Waals surface area contributed by atoms with Gasteiger partial charge in [0.05, 0.1) is 22.4 Å². The lowest BCUT2D eigenvalue weighted by Gasteiger charge is -2.43. The van der Waals surface area contributed by atoms with Gasteiger partial charge in [0.15, 0.2) is 0 Å². The number of nitrogens with one attached hydrogen (secondary N) is 1. The number of hydrogen-bond donors (Lipinski definition) is 1. The lowest BCUT2D eigenvalue weighted by Crippen LogP contribution is -2.53. The highest BCUT2D eigenvalue weighted by Gasteiger charge is 2.37. The van der Waals surface area contributed by atoms with E-state index >= 15 is 0 Å². The number of rotatable bonds is 7. The van der Waals surface area contributed by atoms with Gasteiger partial charge >= 0.3 is 0 Å². The summed E-state index contributed by atoms with van der Waals surface area (Å²) in [7, 11) is 2.00. The Kier molecular flexibility index (Phi) is 6.02. The molecule has 0 aliphatic carbocycles. The Balaban J connectivity index is 3.20. The third-order valence-electron chi connectivity index (χ3n) is 3.90. The fourth-order valence-corrected chi connectivity index (χ4v) is 3.43. The maximum absolute atomic E-state index is 4.36. The second-order valence-corrected chi connectivity index (χ2v) is 6.17. The van der Waals surface area contributed by atoms with Crippen LogP contribution in [0.15, 0.2) is 10.7 Å². The van der Waals surface area contributed by atoms with E-state index in [0.29, 0.717) is 0 Å². The Morgan fingerprint density at radius 3 is 2.32 bits per heavy atom. The second kappa shape index (κ2) is 6.86. The van der Waals surface area contributed by atoms with Crippen molar-refractivity contribution >= 4 is 15.9 Å². The third-order valence-corrected chi connectivity index (χ3v) is 4.52. The molecule has 0 amide bonds. The zero-order chi connectivity index (χ0) is 14.6. The van der Waals surface area contributed by atoms with E-state index in [-0.39, 0.29) is 11.6 Å². The molecule has 0 spiro atoms. The van der Waals surface area contributed by atoms with Gasteiger partial charge in [0.25, 0.3) is 0 Å². The van der Waals surface area contributed by atoms with Crippen molar-refractivity contribution in [3.8, 4) is 0 Å². The van der Waals surface area contributed by atoms with Crippen LogP contribution in [0.25, 0.3) is 0 Å². The molecule has 1 N–H and O–H groups in total. The molecule has 0 aliphatic rings. The van der Waals surface area contributed by atoms with Crippen molar-refractivity contribution in [2.45, 2.75) is 46.2 Å². The summed E-state index contributed by atoms with van der Waals surface area (Å²) in [6, 6.07) is 0.235. The molecule has 0 saturated heterocycles. The topological polar surface area (TPSA) is 33.1 Å². The van der Waals surface area contributed by atoms with Crippen molar-refractivity contribution in [1.82, 2.24) is 20.0 Å². The molecule has 5 heteroatoms. The Morgan fingerprint density at radius 1 is 1.37 bits per heavy atom. The first kappa shape index (κ1) is 16.7. The summed E-state index contributed by atoms with van der Waals surface area (Å²) in [6.07, 6.45) is 1.87. The van der Waals surface area contributed by atoms with Crippen LogP contribution in [-0.4, -0.2) is 39.9 Å². The summed E-state index contributed by atoms with van der Waals surface area (Å²) >= 11 is 3.63. The Labute approximate surface area is 125 Å². The summed E-state index contributed by atoms with van der Waals surface area (Å²) in [5.41, 5.74) is 1.23. The average Bonchev–Trinajstić information content (AvgIpc) is 2.67. The van der Waals surface area contributed by atoms with Crippen LogP contribution in [0.4, 0.5) is 0 Å². The molecule has 0 radical (unpaired) electrons. The van der Waals surface area contributed by atoms with E-state index in [1.165, 1.54) is 5.69 Å². The molecule has 0 bridgehead atoms. The Morgan fingerprint density at radius 2 is 1.95 bits per heavy atom. The van der Waals surface area contributed by atoms with Gasteiger partial charge in [-0.3, -0.25) is 9.58 Å². The SMILES string of the molecule is CCNC(c1c(Br)cnn1C)C(C)(C)N(CC)CC. The van der Waals surface area contributed by atoms with Crippen LogP contribution >= 0.6 is 15.9 Å². The summed E-state index contributed by atoms with van der Waals surface area (Å²) in [6.45, 7) is 14.2. The first-order valence-corrected chi connectivity index (χ1v) is 7.85. The molecule has 1 unspecified atom stereocenters. The van der Waals surface area contributed by atoms with Gasteiger partial charge in [-0.05, 0) is 49.4 Å². The van der Waals surface area contributed by atoms with Crippen LogP contribution in [0.3, 0.4) is 0 Å². The third kappa shape index (κ3) is 3.38. The molecule has 0 saturated carbocycles. The summed E-state index contributed by atoms with van der Waals surface area (Å²) in [5, 5.41) is 7.98. The van der Waals surface area contributed by atoms with Crippen LogP contribution in [0.1, 0.15) is 46.4 Å². The highest BCUT2D eigenvalue weighted by atomic mass is 79.9. The normalized spacial score (nSPS) is 14.1. The summed E-state index contributed by atoms with van der Waals surface area (Å²) in [5.74, 6) is 0. The summed E-state index contributed by atoms with van der Waals surface area (Å²) < 4.78 is 3.03. The minimum Gasteiger partial charge on any atom is -0.307 e. The lowest BCUT2D eigenvalue weighted by atomic mass is 9.89. The fraction of sp³-hybridized carbons (Fsp3) is 0.786. The van der Waals surface area contributed by atoms with E-state index in [9.17, 15) is 0 Å². The van der Waals surface area contributed by atoms with Crippen LogP contribution in [-0.2, 0) is 7.05 Å². The van der Waals surface area contributed by atoms with Crippen LogP contribution in [0, 0.1) is 0 Å².